The van der Waals surface area contributed by atoms with E-state index in [-0.39, 0.29) is 0 Å². The SMILES string of the molecule is S=C(Nc1ccccc1)n1ccnc1. The zero-order valence-corrected chi connectivity index (χ0v) is 8.24. The molecule has 1 aromatic carbocycles. The van der Waals surface area contributed by atoms with E-state index in [1.807, 2.05) is 30.3 Å². The van der Waals surface area contributed by atoms with Crippen molar-refractivity contribution < 1.29 is 0 Å². The molecule has 0 saturated carbocycles. The van der Waals surface area contributed by atoms with Crippen molar-refractivity contribution in [2.24, 2.45) is 0 Å². The molecule has 0 amide bonds. The fraction of sp³-hybridized carbons (Fsp3) is 0. The Bertz CT molecular complexity index is 408. The van der Waals surface area contributed by atoms with Gasteiger partial charge in [0.2, 0.25) is 0 Å². The van der Waals surface area contributed by atoms with E-state index in [4.69, 9.17) is 12.2 Å². The van der Waals surface area contributed by atoms with Gasteiger partial charge in [-0.05, 0) is 24.4 Å². The summed E-state index contributed by atoms with van der Waals surface area (Å²) in [5.41, 5.74) is 0.978. The van der Waals surface area contributed by atoms with Gasteiger partial charge in [0.1, 0.15) is 6.33 Å². The lowest BCUT2D eigenvalue weighted by atomic mass is 10.3. The molecule has 3 nitrogen and oxygen atoms in total. The van der Waals surface area contributed by atoms with Crippen molar-refractivity contribution in [2.75, 3.05) is 5.32 Å². The molecule has 1 N–H and O–H groups in total. The van der Waals surface area contributed by atoms with Gasteiger partial charge in [0.15, 0.2) is 5.11 Å². The summed E-state index contributed by atoms with van der Waals surface area (Å²) < 4.78 is 1.75. The van der Waals surface area contributed by atoms with E-state index in [1.54, 1.807) is 23.3 Å². The lowest BCUT2D eigenvalue weighted by Crippen LogP contribution is -2.17. The highest BCUT2D eigenvalue weighted by Gasteiger charge is 1.97. The molecule has 0 aliphatic rings. The second-order valence-corrected chi connectivity index (χ2v) is 3.15. The second kappa shape index (κ2) is 4.02. The van der Waals surface area contributed by atoms with E-state index in [2.05, 4.69) is 10.3 Å². The third-order valence-electron chi connectivity index (χ3n) is 1.76. The Kier molecular flexibility index (Phi) is 2.55. The minimum Gasteiger partial charge on any atom is -0.332 e. The Hall–Kier alpha value is -1.68. The molecule has 2 rings (SSSR count). The monoisotopic (exact) mass is 203 g/mol. The van der Waals surface area contributed by atoms with Crippen LogP contribution in [0, 0.1) is 0 Å². The molecule has 1 heterocycles. The Morgan fingerprint density at radius 1 is 1.29 bits per heavy atom. The van der Waals surface area contributed by atoms with Crippen LogP contribution in [0.25, 0.3) is 0 Å². The fourth-order valence-electron chi connectivity index (χ4n) is 1.09. The molecule has 0 spiro atoms. The zero-order chi connectivity index (χ0) is 9.80. The van der Waals surface area contributed by atoms with Gasteiger partial charge >= 0.3 is 0 Å². The summed E-state index contributed by atoms with van der Waals surface area (Å²) in [5, 5.41) is 3.72. The Morgan fingerprint density at radius 2 is 2.07 bits per heavy atom. The maximum Gasteiger partial charge on any atom is 0.182 e. The van der Waals surface area contributed by atoms with Gasteiger partial charge in [0.25, 0.3) is 0 Å². The molecule has 70 valence electrons. The lowest BCUT2D eigenvalue weighted by Gasteiger charge is -2.07. The van der Waals surface area contributed by atoms with Gasteiger partial charge in [0, 0.05) is 18.1 Å². The van der Waals surface area contributed by atoms with Gasteiger partial charge in [-0.25, -0.2) is 4.98 Å². The van der Waals surface area contributed by atoms with Gasteiger partial charge in [-0.15, -0.1) is 0 Å². The summed E-state index contributed by atoms with van der Waals surface area (Å²) in [7, 11) is 0. The van der Waals surface area contributed by atoms with E-state index >= 15 is 0 Å². The largest absolute Gasteiger partial charge is 0.332 e. The van der Waals surface area contributed by atoms with Crippen LogP contribution in [0.1, 0.15) is 0 Å². The highest BCUT2D eigenvalue weighted by molar-refractivity contribution is 7.80. The van der Waals surface area contributed by atoms with Gasteiger partial charge < -0.3 is 5.32 Å². The van der Waals surface area contributed by atoms with Crippen molar-refractivity contribution in [3.05, 3.63) is 49.1 Å². The molecule has 0 aliphatic heterocycles. The average molecular weight is 203 g/mol. The highest BCUT2D eigenvalue weighted by Crippen LogP contribution is 2.05. The van der Waals surface area contributed by atoms with Gasteiger partial charge in [-0.3, -0.25) is 4.57 Å². The van der Waals surface area contributed by atoms with Gasteiger partial charge in [0.05, 0.1) is 0 Å². The fourth-order valence-corrected chi connectivity index (χ4v) is 1.31. The average Bonchev–Trinajstić information content (AvgIpc) is 2.72. The summed E-state index contributed by atoms with van der Waals surface area (Å²) in [6.07, 6.45) is 5.16. The number of rotatable bonds is 1. The smallest absolute Gasteiger partial charge is 0.182 e. The quantitative estimate of drug-likeness (QED) is 0.720. The van der Waals surface area contributed by atoms with Crippen LogP contribution in [0.4, 0.5) is 5.69 Å². The molecule has 0 fully saturated rings. The number of benzene rings is 1. The van der Waals surface area contributed by atoms with Crippen molar-refractivity contribution in [3.63, 3.8) is 0 Å². The van der Waals surface area contributed by atoms with Crippen LogP contribution >= 0.6 is 12.2 Å². The van der Waals surface area contributed by atoms with Crippen LogP contribution in [0.15, 0.2) is 49.1 Å². The van der Waals surface area contributed by atoms with Crippen LogP contribution in [0.2, 0.25) is 0 Å². The summed E-state index contributed by atoms with van der Waals surface area (Å²) >= 11 is 5.17. The van der Waals surface area contributed by atoms with E-state index in [1.165, 1.54) is 0 Å². The first-order chi connectivity index (χ1) is 6.86. The first-order valence-corrected chi connectivity index (χ1v) is 4.61. The third-order valence-corrected chi connectivity index (χ3v) is 2.08. The topological polar surface area (TPSA) is 29.9 Å². The highest BCUT2D eigenvalue weighted by atomic mass is 32.1. The predicted octanol–water partition coefficient (Wildman–Crippen LogP) is 2.13. The number of aromatic nitrogens is 2. The van der Waals surface area contributed by atoms with Gasteiger partial charge in [-0.2, -0.15) is 0 Å². The number of thiocarbonyl (C=S) groups is 1. The van der Waals surface area contributed by atoms with Gasteiger partial charge in [-0.1, -0.05) is 18.2 Å². The number of hydrogen-bond acceptors (Lipinski definition) is 2. The van der Waals surface area contributed by atoms with Crippen LogP contribution < -0.4 is 5.32 Å². The van der Waals surface area contributed by atoms with Crippen molar-refractivity contribution in [1.29, 1.82) is 0 Å². The van der Waals surface area contributed by atoms with Crippen LogP contribution in [-0.2, 0) is 0 Å². The number of hydrogen-bond donors (Lipinski definition) is 1. The summed E-state index contributed by atoms with van der Waals surface area (Å²) in [4.78, 5) is 3.92. The van der Waals surface area contributed by atoms with Crippen molar-refractivity contribution in [1.82, 2.24) is 9.55 Å². The van der Waals surface area contributed by atoms with E-state index in [9.17, 15) is 0 Å². The molecule has 0 saturated heterocycles. The standard InChI is InChI=1S/C10H9N3S/c14-10(13-7-6-11-8-13)12-9-4-2-1-3-5-9/h1-8H,(H,12,14). The molecular weight excluding hydrogens is 194 g/mol. The van der Waals surface area contributed by atoms with Crippen molar-refractivity contribution in [2.45, 2.75) is 0 Å². The van der Waals surface area contributed by atoms with Crippen LogP contribution in [0.3, 0.4) is 0 Å². The first-order valence-electron chi connectivity index (χ1n) is 4.20. The molecule has 14 heavy (non-hydrogen) atoms. The zero-order valence-electron chi connectivity index (χ0n) is 7.42. The molecular formula is C10H9N3S. The molecule has 0 atom stereocenters. The van der Waals surface area contributed by atoms with Crippen LogP contribution in [-0.4, -0.2) is 14.7 Å². The number of nitrogens with zero attached hydrogens (tertiary/aromatic N) is 2. The second-order valence-electron chi connectivity index (χ2n) is 2.77. The molecule has 0 unspecified atom stereocenters. The number of imidazole rings is 1. The normalized spacial score (nSPS) is 9.71. The summed E-state index contributed by atoms with van der Waals surface area (Å²) in [6.45, 7) is 0. The van der Waals surface area contributed by atoms with Crippen molar-refractivity contribution >= 4 is 23.0 Å². The molecule has 1 aromatic heterocycles. The number of para-hydroxylation sites is 1. The third kappa shape index (κ3) is 1.97. The predicted molar refractivity (Wildman–Crippen MR) is 60.3 cm³/mol. The number of nitrogens with one attached hydrogen (secondary N) is 1. The first kappa shape index (κ1) is 8.90. The molecule has 2 aromatic rings. The Balaban J connectivity index is 2.10. The Labute approximate surface area is 87.4 Å². The molecule has 0 aliphatic carbocycles. The van der Waals surface area contributed by atoms with E-state index in [0.717, 1.165) is 5.69 Å². The lowest BCUT2D eigenvalue weighted by molar-refractivity contribution is 1.15. The van der Waals surface area contributed by atoms with E-state index < -0.39 is 0 Å². The Morgan fingerprint density at radius 3 is 2.71 bits per heavy atom. The van der Waals surface area contributed by atoms with Crippen molar-refractivity contribution in [3.8, 4) is 0 Å². The minimum atomic E-state index is 0.619. The maximum absolute atomic E-state index is 5.17. The van der Waals surface area contributed by atoms with E-state index in [0.29, 0.717) is 5.11 Å². The number of anilines is 1. The maximum atomic E-state index is 5.17. The van der Waals surface area contributed by atoms with Crippen LogP contribution in [0.5, 0.6) is 0 Å². The molecule has 0 radical (unpaired) electrons. The summed E-state index contributed by atoms with van der Waals surface area (Å²) in [6, 6.07) is 9.80. The minimum absolute atomic E-state index is 0.619. The molecule has 0 bridgehead atoms. The molecule has 4 heteroatoms. The summed E-state index contributed by atoms with van der Waals surface area (Å²) in [5.74, 6) is 0.